The van der Waals surface area contributed by atoms with E-state index in [9.17, 15) is 19.8 Å². The SMILES string of the molecule is CCC(C)C(C)(NCCCNC(C)(C(=O)O)C(C)CC)C(=O)O. The predicted molar refractivity (Wildman–Crippen MR) is 91.6 cm³/mol. The van der Waals surface area contributed by atoms with E-state index < -0.39 is 23.0 Å². The van der Waals surface area contributed by atoms with E-state index >= 15 is 0 Å². The van der Waals surface area contributed by atoms with Gasteiger partial charge in [0.25, 0.3) is 0 Å². The summed E-state index contributed by atoms with van der Waals surface area (Å²) in [6.07, 6.45) is 2.22. The second-order valence-corrected chi connectivity index (χ2v) is 6.84. The molecule has 0 aliphatic heterocycles. The number of aliphatic carboxylic acids is 2. The van der Waals surface area contributed by atoms with Crippen molar-refractivity contribution in [3.8, 4) is 0 Å². The third-order valence-corrected chi connectivity index (χ3v) is 5.42. The van der Waals surface area contributed by atoms with E-state index in [1.54, 1.807) is 13.8 Å². The quantitative estimate of drug-likeness (QED) is 0.410. The Kier molecular flexibility index (Phi) is 8.77. The molecule has 0 aliphatic carbocycles. The summed E-state index contributed by atoms with van der Waals surface area (Å²) in [6.45, 7) is 12.2. The lowest BCUT2D eigenvalue weighted by molar-refractivity contribution is -0.147. The van der Waals surface area contributed by atoms with Gasteiger partial charge in [-0.1, -0.05) is 40.5 Å². The van der Waals surface area contributed by atoms with Gasteiger partial charge in [0.1, 0.15) is 11.1 Å². The van der Waals surface area contributed by atoms with Gasteiger partial charge < -0.3 is 20.8 Å². The molecular weight excluding hydrogens is 296 g/mol. The Bertz CT molecular complexity index is 366. The van der Waals surface area contributed by atoms with Crippen LogP contribution in [0.3, 0.4) is 0 Å². The first-order valence-corrected chi connectivity index (χ1v) is 8.53. The highest BCUT2D eigenvalue weighted by Crippen LogP contribution is 2.21. The van der Waals surface area contributed by atoms with Gasteiger partial charge in [0, 0.05) is 0 Å². The highest BCUT2D eigenvalue weighted by Gasteiger charge is 2.38. The zero-order valence-electron chi connectivity index (χ0n) is 15.4. The Morgan fingerprint density at radius 2 is 1.17 bits per heavy atom. The van der Waals surface area contributed by atoms with E-state index in [0.29, 0.717) is 19.5 Å². The lowest BCUT2D eigenvalue weighted by Gasteiger charge is -2.33. The summed E-state index contributed by atoms with van der Waals surface area (Å²) in [5.41, 5.74) is -1.91. The monoisotopic (exact) mass is 330 g/mol. The smallest absolute Gasteiger partial charge is 0.323 e. The molecule has 0 aromatic rings. The van der Waals surface area contributed by atoms with Crippen LogP contribution in [-0.4, -0.2) is 46.3 Å². The summed E-state index contributed by atoms with van der Waals surface area (Å²) in [5.74, 6) is -1.68. The maximum atomic E-state index is 11.5. The van der Waals surface area contributed by atoms with E-state index in [0.717, 1.165) is 12.8 Å². The number of carbonyl (C=O) groups is 2. The van der Waals surface area contributed by atoms with Crippen molar-refractivity contribution in [1.82, 2.24) is 10.6 Å². The standard InChI is InChI=1S/C17H34N2O4/c1-7-12(3)16(5,14(20)21)18-10-9-11-19-17(6,15(22)23)13(4)8-2/h12-13,18-19H,7-11H2,1-6H3,(H,20,21)(H,22,23). The van der Waals surface area contributed by atoms with Gasteiger partial charge >= 0.3 is 11.9 Å². The predicted octanol–water partition coefficient (Wildman–Crippen LogP) is 2.33. The average molecular weight is 330 g/mol. The largest absolute Gasteiger partial charge is 0.480 e. The summed E-state index contributed by atoms with van der Waals surface area (Å²) in [5, 5.41) is 25.1. The minimum atomic E-state index is -0.957. The maximum absolute atomic E-state index is 11.5. The molecule has 0 bridgehead atoms. The van der Waals surface area contributed by atoms with Crippen LogP contribution in [0.15, 0.2) is 0 Å². The third-order valence-electron chi connectivity index (χ3n) is 5.42. The molecule has 0 rings (SSSR count). The van der Waals surface area contributed by atoms with E-state index in [4.69, 9.17) is 0 Å². The number of rotatable bonds is 12. The van der Waals surface area contributed by atoms with Crippen LogP contribution >= 0.6 is 0 Å². The van der Waals surface area contributed by atoms with Crippen LogP contribution in [0.2, 0.25) is 0 Å². The number of hydrogen-bond acceptors (Lipinski definition) is 4. The molecule has 4 N–H and O–H groups in total. The first-order chi connectivity index (χ1) is 10.6. The van der Waals surface area contributed by atoms with E-state index in [1.165, 1.54) is 0 Å². The summed E-state index contributed by atoms with van der Waals surface area (Å²) in [6, 6.07) is 0. The normalized spacial score (nSPS) is 19.4. The molecule has 0 amide bonds. The first-order valence-electron chi connectivity index (χ1n) is 8.53. The number of carboxylic acid groups (broad SMARTS) is 2. The highest BCUT2D eigenvalue weighted by molar-refractivity contribution is 5.79. The van der Waals surface area contributed by atoms with Crippen LogP contribution in [0.5, 0.6) is 0 Å². The van der Waals surface area contributed by atoms with Crippen molar-refractivity contribution < 1.29 is 19.8 Å². The molecule has 0 heterocycles. The molecule has 0 saturated heterocycles. The van der Waals surface area contributed by atoms with E-state index in [-0.39, 0.29) is 11.8 Å². The Balaban J connectivity index is 4.50. The van der Waals surface area contributed by atoms with Crippen LogP contribution < -0.4 is 10.6 Å². The molecule has 0 saturated carbocycles. The van der Waals surface area contributed by atoms with Crippen molar-refractivity contribution in [2.75, 3.05) is 13.1 Å². The Morgan fingerprint density at radius 3 is 1.39 bits per heavy atom. The zero-order valence-corrected chi connectivity index (χ0v) is 15.4. The van der Waals surface area contributed by atoms with Crippen molar-refractivity contribution in [1.29, 1.82) is 0 Å². The molecule has 23 heavy (non-hydrogen) atoms. The first kappa shape index (κ1) is 21.9. The highest BCUT2D eigenvalue weighted by atomic mass is 16.4. The van der Waals surface area contributed by atoms with Gasteiger partial charge in [0.15, 0.2) is 0 Å². The maximum Gasteiger partial charge on any atom is 0.323 e. The van der Waals surface area contributed by atoms with Crippen LogP contribution in [0.1, 0.15) is 60.8 Å². The van der Waals surface area contributed by atoms with E-state index in [1.807, 2.05) is 27.7 Å². The minimum Gasteiger partial charge on any atom is -0.480 e. The summed E-state index contributed by atoms with van der Waals surface area (Å²) in [7, 11) is 0. The van der Waals surface area contributed by atoms with Crippen molar-refractivity contribution in [2.45, 2.75) is 71.9 Å². The van der Waals surface area contributed by atoms with Crippen molar-refractivity contribution >= 4 is 11.9 Å². The molecule has 136 valence electrons. The summed E-state index contributed by atoms with van der Waals surface area (Å²) in [4.78, 5) is 23.0. The Labute approximate surface area is 140 Å². The van der Waals surface area contributed by atoms with Crippen LogP contribution in [0.4, 0.5) is 0 Å². The lowest BCUT2D eigenvalue weighted by atomic mass is 9.84. The van der Waals surface area contributed by atoms with Gasteiger partial charge in [-0.25, -0.2) is 0 Å². The Morgan fingerprint density at radius 1 is 0.870 bits per heavy atom. The molecule has 0 radical (unpaired) electrons. The fraction of sp³-hybridized carbons (Fsp3) is 0.882. The number of carboxylic acids is 2. The number of hydrogen-bond donors (Lipinski definition) is 4. The second kappa shape index (κ2) is 9.23. The fourth-order valence-corrected chi connectivity index (χ4v) is 2.52. The van der Waals surface area contributed by atoms with Gasteiger partial charge in [0.05, 0.1) is 0 Å². The van der Waals surface area contributed by atoms with Crippen molar-refractivity contribution in [3.05, 3.63) is 0 Å². The van der Waals surface area contributed by atoms with Crippen molar-refractivity contribution in [2.24, 2.45) is 11.8 Å². The van der Waals surface area contributed by atoms with Crippen LogP contribution in [0.25, 0.3) is 0 Å². The zero-order chi connectivity index (χ0) is 18.3. The number of nitrogens with one attached hydrogen (secondary N) is 2. The minimum absolute atomic E-state index is 0.0114. The Hall–Kier alpha value is -1.14. The third kappa shape index (κ3) is 5.46. The van der Waals surface area contributed by atoms with Gasteiger partial charge in [-0.05, 0) is 45.2 Å². The van der Waals surface area contributed by atoms with Gasteiger partial charge in [-0.3, -0.25) is 9.59 Å². The second-order valence-electron chi connectivity index (χ2n) is 6.84. The molecule has 4 unspecified atom stereocenters. The summed E-state index contributed by atoms with van der Waals surface area (Å²) >= 11 is 0. The average Bonchev–Trinajstić information content (AvgIpc) is 2.51. The summed E-state index contributed by atoms with van der Waals surface area (Å²) < 4.78 is 0. The molecule has 0 spiro atoms. The van der Waals surface area contributed by atoms with Gasteiger partial charge in [-0.2, -0.15) is 0 Å². The van der Waals surface area contributed by atoms with Crippen LogP contribution in [-0.2, 0) is 9.59 Å². The molecule has 4 atom stereocenters. The molecule has 6 heteroatoms. The van der Waals surface area contributed by atoms with Crippen LogP contribution in [0, 0.1) is 11.8 Å². The molecule has 0 aliphatic rings. The molecule has 6 nitrogen and oxygen atoms in total. The molecule has 0 aromatic heterocycles. The lowest BCUT2D eigenvalue weighted by Crippen LogP contribution is -2.56. The van der Waals surface area contributed by atoms with Crippen molar-refractivity contribution in [3.63, 3.8) is 0 Å². The van der Waals surface area contributed by atoms with E-state index in [2.05, 4.69) is 10.6 Å². The molecular formula is C17H34N2O4. The van der Waals surface area contributed by atoms with Gasteiger partial charge in [0.2, 0.25) is 0 Å². The fourth-order valence-electron chi connectivity index (χ4n) is 2.52. The van der Waals surface area contributed by atoms with Gasteiger partial charge in [-0.15, -0.1) is 0 Å². The topological polar surface area (TPSA) is 98.7 Å². The molecule has 0 aromatic carbocycles. The molecule has 0 fully saturated rings.